The summed E-state index contributed by atoms with van der Waals surface area (Å²) in [5, 5.41) is 0. The summed E-state index contributed by atoms with van der Waals surface area (Å²) in [5.41, 5.74) is 2.77. The SMILES string of the molecule is COCc1cccc(C(=O)N2CCCC2c2ccc(OC)c(OC)c2)c1. The summed E-state index contributed by atoms with van der Waals surface area (Å²) in [6.07, 6.45) is 1.93. The van der Waals surface area contributed by atoms with Crippen molar-refractivity contribution >= 4 is 5.91 Å². The maximum Gasteiger partial charge on any atom is 0.254 e. The van der Waals surface area contributed by atoms with Crippen molar-refractivity contribution < 1.29 is 19.0 Å². The minimum atomic E-state index is 0.0494. The van der Waals surface area contributed by atoms with Gasteiger partial charge >= 0.3 is 0 Å². The highest BCUT2D eigenvalue weighted by Gasteiger charge is 2.31. The number of hydrogen-bond acceptors (Lipinski definition) is 4. The lowest BCUT2D eigenvalue weighted by molar-refractivity contribution is 0.0735. The van der Waals surface area contributed by atoms with Gasteiger partial charge < -0.3 is 19.1 Å². The first-order valence-electron chi connectivity index (χ1n) is 8.78. The van der Waals surface area contributed by atoms with Crippen LogP contribution in [0.1, 0.15) is 40.4 Å². The summed E-state index contributed by atoms with van der Waals surface area (Å²) in [6.45, 7) is 1.26. The van der Waals surface area contributed by atoms with E-state index in [4.69, 9.17) is 14.2 Å². The number of hydrogen-bond donors (Lipinski definition) is 0. The Morgan fingerprint density at radius 2 is 1.88 bits per heavy atom. The molecule has 2 aromatic rings. The highest BCUT2D eigenvalue weighted by molar-refractivity contribution is 5.94. The Balaban J connectivity index is 1.86. The third kappa shape index (κ3) is 3.68. The second-order valence-electron chi connectivity index (χ2n) is 6.40. The third-order valence-electron chi connectivity index (χ3n) is 4.79. The Morgan fingerprint density at radius 3 is 2.62 bits per heavy atom. The highest BCUT2D eigenvalue weighted by Crippen LogP contribution is 2.37. The fourth-order valence-electron chi connectivity index (χ4n) is 3.54. The van der Waals surface area contributed by atoms with Crippen LogP contribution in [0.15, 0.2) is 42.5 Å². The lowest BCUT2D eigenvalue weighted by Gasteiger charge is -2.26. The number of carbonyl (C=O) groups excluding carboxylic acids is 1. The van der Waals surface area contributed by atoms with Gasteiger partial charge in [0, 0.05) is 19.2 Å². The molecule has 1 heterocycles. The topological polar surface area (TPSA) is 48.0 Å². The summed E-state index contributed by atoms with van der Waals surface area (Å²) in [6, 6.07) is 13.6. The Morgan fingerprint density at radius 1 is 1.08 bits per heavy atom. The molecule has 0 bridgehead atoms. The molecule has 0 saturated carbocycles. The Labute approximate surface area is 154 Å². The molecule has 1 aliphatic rings. The molecular weight excluding hydrogens is 330 g/mol. The smallest absolute Gasteiger partial charge is 0.254 e. The van der Waals surface area contributed by atoms with Crippen LogP contribution < -0.4 is 9.47 Å². The van der Waals surface area contributed by atoms with Gasteiger partial charge in [0.05, 0.1) is 26.9 Å². The van der Waals surface area contributed by atoms with Crippen LogP contribution in [0.5, 0.6) is 11.5 Å². The third-order valence-corrected chi connectivity index (χ3v) is 4.79. The van der Waals surface area contributed by atoms with Crippen molar-refractivity contribution in [3.05, 3.63) is 59.2 Å². The lowest BCUT2D eigenvalue weighted by atomic mass is 10.0. The molecule has 3 rings (SSSR count). The summed E-state index contributed by atoms with van der Waals surface area (Å²) < 4.78 is 15.9. The minimum Gasteiger partial charge on any atom is -0.493 e. The predicted molar refractivity (Wildman–Crippen MR) is 99.7 cm³/mol. The predicted octanol–water partition coefficient (Wildman–Crippen LogP) is 3.83. The van der Waals surface area contributed by atoms with Crippen LogP contribution in [-0.2, 0) is 11.3 Å². The number of nitrogens with zero attached hydrogens (tertiary/aromatic N) is 1. The molecule has 1 unspecified atom stereocenters. The minimum absolute atomic E-state index is 0.0494. The van der Waals surface area contributed by atoms with E-state index >= 15 is 0 Å². The molecule has 5 nitrogen and oxygen atoms in total. The molecule has 0 aliphatic carbocycles. The molecule has 138 valence electrons. The largest absolute Gasteiger partial charge is 0.493 e. The molecule has 26 heavy (non-hydrogen) atoms. The maximum absolute atomic E-state index is 13.1. The van der Waals surface area contributed by atoms with E-state index in [9.17, 15) is 4.79 Å². The van der Waals surface area contributed by atoms with Gasteiger partial charge in [0.15, 0.2) is 11.5 Å². The van der Waals surface area contributed by atoms with E-state index in [1.165, 1.54) is 0 Å². The van der Waals surface area contributed by atoms with Gasteiger partial charge in [0.2, 0.25) is 0 Å². The molecule has 2 aromatic carbocycles. The first-order valence-corrected chi connectivity index (χ1v) is 8.78. The van der Waals surface area contributed by atoms with Crippen LogP contribution in [0.2, 0.25) is 0 Å². The number of likely N-dealkylation sites (tertiary alicyclic amines) is 1. The molecule has 1 fully saturated rings. The van der Waals surface area contributed by atoms with E-state index < -0.39 is 0 Å². The average Bonchev–Trinajstić information content (AvgIpc) is 3.17. The number of amides is 1. The first kappa shape index (κ1) is 18.3. The summed E-state index contributed by atoms with van der Waals surface area (Å²) >= 11 is 0. The van der Waals surface area contributed by atoms with Crippen LogP contribution in [0.4, 0.5) is 0 Å². The summed E-state index contributed by atoms with van der Waals surface area (Å²) in [5.74, 6) is 1.44. The van der Waals surface area contributed by atoms with Crippen LogP contribution in [0, 0.1) is 0 Å². The summed E-state index contributed by atoms with van der Waals surface area (Å²) in [4.78, 5) is 15.0. The van der Waals surface area contributed by atoms with Gasteiger partial charge in [0.1, 0.15) is 0 Å². The average molecular weight is 355 g/mol. The zero-order valence-corrected chi connectivity index (χ0v) is 15.5. The maximum atomic E-state index is 13.1. The molecule has 5 heteroatoms. The normalized spacial score (nSPS) is 16.6. The Hall–Kier alpha value is -2.53. The molecule has 1 atom stereocenters. The molecule has 0 aromatic heterocycles. The first-order chi connectivity index (χ1) is 12.7. The van der Waals surface area contributed by atoms with Gasteiger partial charge in [-0.05, 0) is 48.2 Å². The van der Waals surface area contributed by atoms with E-state index in [-0.39, 0.29) is 11.9 Å². The van der Waals surface area contributed by atoms with Gasteiger partial charge in [-0.3, -0.25) is 4.79 Å². The highest BCUT2D eigenvalue weighted by atomic mass is 16.5. The quantitative estimate of drug-likeness (QED) is 0.790. The van der Waals surface area contributed by atoms with Crippen LogP contribution in [-0.4, -0.2) is 38.7 Å². The molecule has 1 aliphatic heterocycles. The molecular formula is C21H25NO4. The van der Waals surface area contributed by atoms with E-state index in [0.29, 0.717) is 23.7 Å². The van der Waals surface area contributed by atoms with E-state index in [0.717, 1.165) is 30.5 Å². The van der Waals surface area contributed by atoms with Gasteiger partial charge in [0.25, 0.3) is 5.91 Å². The van der Waals surface area contributed by atoms with Gasteiger partial charge in [-0.2, -0.15) is 0 Å². The van der Waals surface area contributed by atoms with E-state index in [2.05, 4.69) is 0 Å². The van der Waals surface area contributed by atoms with Crippen molar-refractivity contribution in [3.63, 3.8) is 0 Å². The van der Waals surface area contributed by atoms with Crippen molar-refractivity contribution in [1.29, 1.82) is 0 Å². The van der Waals surface area contributed by atoms with E-state index in [1.807, 2.05) is 47.4 Å². The number of carbonyl (C=O) groups is 1. The molecule has 0 radical (unpaired) electrons. The number of methoxy groups -OCH3 is 3. The zero-order valence-electron chi connectivity index (χ0n) is 15.5. The Kier molecular flexibility index (Phi) is 5.78. The van der Waals surface area contributed by atoms with Crippen molar-refractivity contribution in [2.24, 2.45) is 0 Å². The molecule has 1 saturated heterocycles. The molecule has 1 amide bonds. The van der Waals surface area contributed by atoms with Crippen molar-refractivity contribution in [2.45, 2.75) is 25.5 Å². The number of ether oxygens (including phenoxy) is 3. The second-order valence-corrected chi connectivity index (χ2v) is 6.40. The van der Waals surface area contributed by atoms with Crippen molar-refractivity contribution in [3.8, 4) is 11.5 Å². The molecule has 0 N–H and O–H groups in total. The molecule has 0 spiro atoms. The zero-order chi connectivity index (χ0) is 18.5. The van der Waals surface area contributed by atoms with E-state index in [1.54, 1.807) is 21.3 Å². The summed E-state index contributed by atoms with van der Waals surface area (Å²) in [7, 11) is 4.90. The fraction of sp³-hybridized carbons (Fsp3) is 0.381. The van der Waals surface area contributed by atoms with Crippen LogP contribution in [0.25, 0.3) is 0 Å². The number of rotatable bonds is 6. The van der Waals surface area contributed by atoms with Crippen LogP contribution >= 0.6 is 0 Å². The standard InChI is InChI=1S/C21H25NO4/c1-24-14-15-6-4-7-17(12-15)21(23)22-11-5-8-18(22)16-9-10-19(25-2)20(13-16)26-3/h4,6-7,9-10,12-13,18H,5,8,11,14H2,1-3H3. The second kappa shape index (κ2) is 8.23. The number of benzene rings is 2. The van der Waals surface area contributed by atoms with Crippen molar-refractivity contribution in [2.75, 3.05) is 27.9 Å². The van der Waals surface area contributed by atoms with Gasteiger partial charge in [-0.15, -0.1) is 0 Å². The van der Waals surface area contributed by atoms with Crippen LogP contribution in [0.3, 0.4) is 0 Å². The Bertz CT molecular complexity index is 774. The lowest BCUT2D eigenvalue weighted by Crippen LogP contribution is -2.30. The van der Waals surface area contributed by atoms with Gasteiger partial charge in [-0.25, -0.2) is 0 Å². The monoisotopic (exact) mass is 355 g/mol. The fourth-order valence-corrected chi connectivity index (χ4v) is 3.54. The van der Waals surface area contributed by atoms with Gasteiger partial charge in [-0.1, -0.05) is 18.2 Å². The van der Waals surface area contributed by atoms with Crippen molar-refractivity contribution in [1.82, 2.24) is 4.90 Å².